The molecule has 0 aliphatic rings. The summed E-state index contributed by atoms with van der Waals surface area (Å²) in [6, 6.07) is 64.4. The summed E-state index contributed by atoms with van der Waals surface area (Å²) in [7, 11) is 0. The monoisotopic (exact) mass is 692 g/mol. The summed E-state index contributed by atoms with van der Waals surface area (Å²) in [5, 5.41) is 15.7. The minimum atomic E-state index is 0.208. The van der Waals surface area contributed by atoms with Gasteiger partial charge >= 0.3 is 0 Å². The van der Waals surface area contributed by atoms with Crippen LogP contribution < -0.4 is 0 Å². The molecule has 0 aliphatic carbocycles. The number of hydrogen-bond acceptors (Lipinski definition) is 0. The molecule has 0 aromatic heterocycles. The second-order valence-corrected chi connectivity index (χ2v) is 15.8. The topological polar surface area (TPSA) is 0 Å². The predicted molar refractivity (Wildman–Crippen MR) is 237 cm³/mol. The van der Waals surface area contributed by atoms with Crippen molar-refractivity contribution in [2.45, 2.75) is 40.0 Å². The standard InChI is InChI=1S/C36H26.C18H18/c1-23-19-21-25-11-3-5-13-27(25)33(23)35-29-15-7-9-17-31(29)36(32-18-10-8-16-30(32)35)34-24(2)20-22-26-12-4-6-14-28(26)34;1-18(2,3)17-9-8-15-10-13-6-4-5-7-14(13)11-16(15)12-17/h3-22H,1-2H3;4-12H,1-3H3. The molecule has 0 saturated heterocycles. The molecular formula is C54H44. The van der Waals surface area contributed by atoms with Crippen LogP contribution in [0.15, 0.2) is 176 Å². The Morgan fingerprint density at radius 3 is 1.04 bits per heavy atom. The van der Waals surface area contributed by atoms with Gasteiger partial charge in [0, 0.05) is 0 Å². The van der Waals surface area contributed by atoms with Crippen molar-refractivity contribution in [3.63, 3.8) is 0 Å². The maximum atomic E-state index is 2.32. The van der Waals surface area contributed by atoms with Crippen molar-refractivity contribution >= 4 is 64.6 Å². The number of rotatable bonds is 2. The van der Waals surface area contributed by atoms with Gasteiger partial charge in [0.05, 0.1) is 0 Å². The van der Waals surface area contributed by atoms with Crippen LogP contribution in [0.4, 0.5) is 0 Å². The Hall–Kier alpha value is -6.24. The summed E-state index contributed by atoms with van der Waals surface area (Å²) >= 11 is 0. The fourth-order valence-corrected chi connectivity index (χ4v) is 8.50. The number of hydrogen-bond donors (Lipinski definition) is 0. The summed E-state index contributed by atoms with van der Waals surface area (Å²) in [6.45, 7) is 11.3. The first-order chi connectivity index (χ1) is 26.3. The zero-order valence-electron chi connectivity index (χ0n) is 31.7. The molecule has 0 radical (unpaired) electrons. The molecule has 10 aromatic carbocycles. The highest BCUT2D eigenvalue weighted by Gasteiger charge is 2.21. The summed E-state index contributed by atoms with van der Waals surface area (Å²) < 4.78 is 0. The van der Waals surface area contributed by atoms with Gasteiger partial charge < -0.3 is 0 Å². The van der Waals surface area contributed by atoms with Gasteiger partial charge in [0.1, 0.15) is 0 Å². The van der Waals surface area contributed by atoms with Crippen LogP contribution in [0.1, 0.15) is 37.5 Å². The minimum Gasteiger partial charge on any atom is -0.0616 e. The fraction of sp³-hybridized carbons (Fsp3) is 0.111. The Bertz CT molecular complexity index is 2840. The first-order valence-electron chi connectivity index (χ1n) is 19.1. The van der Waals surface area contributed by atoms with Gasteiger partial charge in [-0.3, -0.25) is 0 Å². The lowest BCUT2D eigenvalue weighted by atomic mass is 9.81. The smallest absolute Gasteiger partial charge is 0.00175 e. The molecule has 0 heteroatoms. The van der Waals surface area contributed by atoms with Crippen molar-refractivity contribution in [2.24, 2.45) is 0 Å². The van der Waals surface area contributed by atoms with E-state index < -0.39 is 0 Å². The molecule has 0 saturated carbocycles. The van der Waals surface area contributed by atoms with Crippen molar-refractivity contribution in [3.8, 4) is 22.3 Å². The second-order valence-electron chi connectivity index (χ2n) is 15.8. The van der Waals surface area contributed by atoms with E-state index in [9.17, 15) is 0 Å². The van der Waals surface area contributed by atoms with Crippen LogP contribution in [0.2, 0.25) is 0 Å². The molecule has 0 aliphatic heterocycles. The summed E-state index contributed by atoms with van der Waals surface area (Å²) in [4.78, 5) is 0. The van der Waals surface area contributed by atoms with E-state index >= 15 is 0 Å². The quantitative estimate of drug-likeness (QED) is 0.158. The molecule has 10 rings (SSSR count). The largest absolute Gasteiger partial charge is 0.0616 e. The summed E-state index contributed by atoms with van der Waals surface area (Å²) in [5.74, 6) is 0. The molecule has 0 nitrogen and oxygen atoms in total. The van der Waals surface area contributed by atoms with Gasteiger partial charge in [0.2, 0.25) is 0 Å². The van der Waals surface area contributed by atoms with E-state index in [4.69, 9.17) is 0 Å². The molecule has 0 spiro atoms. The molecule has 260 valence electrons. The highest BCUT2D eigenvalue weighted by Crippen LogP contribution is 2.48. The third kappa shape index (κ3) is 5.80. The van der Waals surface area contributed by atoms with Crippen LogP contribution in [0.3, 0.4) is 0 Å². The van der Waals surface area contributed by atoms with Crippen molar-refractivity contribution in [1.29, 1.82) is 0 Å². The van der Waals surface area contributed by atoms with Gasteiger partial charge in [-0.1, -0.05) is 185 Å². The molecule has 10 aromatic rings. The Labute approximate surface area is 318 Å². The summed E-state index contributed by atoms with van der Waals surface area (Å²) in [5.41, 5.74) is 9.54. The maximum absolute atomic E-state index is 2.32. The first-order valence-corrected chi connectivity index (χ1v) is 19.1. The molecule has 0 bridgehead atoms. The third-order valence-electron chi connectivity index (χ3n) is 11.3. The van der Waals surface area contributed by atoms with Crippen molar-refractivity contribution in [1.82, 2.24) is 0 Å². The average molecular weight is 693 g/mol. The highest BCUT2D eigenvalue weighted by molar-refractivity contribution is 6.25. The molecule has 0 N–H and O–H groups in total. The summed E-state index contributed by atoms with van der Waals surface area (Å²) in [6.07, 6.45) is 0. The van der Waals surface area contributed by atoms with Gasteiger partial charge in [-0.05, 0) is 135 Å². The number of aryl methyl sites for hydroxylation is 2. The van der Waals surface area contributed by atoms with Crippen molar-refractivity contribution < 1.29 is 0 Å². The van der Waals surface area contributed by atoms with Gasteiger partial charge in [-0.15, -0.1) is 0 Å². The van der Waals surface area contributed by atoms with Crippen molar-refractivity contribution in [2.75, 3.05) is 0 Å². The van der Waals surface area contributed by atoms with E-state index in [1.165, 1.54) is 104 Å². The Morgan fingerprint density at radius 1 is 0.278 bits per heavy atom. The molecule has 0 atom stereocenters. The number of benzene rings is 10. The van der Waals surface area contributed by atoms with Crippen LogP contribution >= 0.6 is 0 Å². The molecule has 0 fully saturated rings. The Balaban J connectivity index is 0.000000179. The molecule has 0 amide bonds. The Morgan fingerprint density at radius 2 is 0.611 bits per heavy atom. The minimum absolute atomic E-state index is 0.208. The lowest BCUT2D eigenvalue weighted by molar-refractivity contribution is 0.591. The number of fused-ring (bicyclic) bond motifs is 6. The van der Waals surface area contributed by atoms with Crippen LogP contribution in [0.5, 0.6) is 0 Å². The SMILES string of the molecule is CC(C)(C)c1ccc2cc3ccccc3cc2c1.Cc1ccc2ccccc2c1-c1c2ccccc2c(-c2c(C)ccc3ccccc23)c2ccccc12. The van der Waals surface area contributed by atoms with Crippen LogP contribution in [-0.4, -0.2) is 0 Å². The second kappa shape index (κ2) is 13.3. The maximum Gasteiger partial charge on any atom is -0.00175 e. The van der Waals surface area contributed by atoms with Gasteiger partial charge in [-0.2, -0.15) is 0 Å². The first kappa shape index (κ1) is 33.6. The van der Waals surface area contributed by atoms with E-state index in [0.717, 1.165) is 0 Å². The lowest BCUT2D eigenvalue weighted by Gasteiger charge is -2.21. The fourth-order valence-electron chi connectivity index (χ4n) is 8.50. The molecule has 54 heavy (non-hydrogen) atoms. The van der Waals surface area contributed by atoms with Crippen molar-refractivity contribution in [3.05, 3.63) is 193 Å². The predicted octanol–water partition coefficient (Wildman–Crippen LogP) is 15.5. The normalized spacial score (nSPS) is 11.8. The van der Waals surface area contributed by atoms with E-state index in [1.807, 2.05) is 0 Å². The van der Waals surface area contributed by atoms with Gasteiger partial charge in [0.15, 0.2) is 0 Å². The molecule has 0 unspecified atom stereocenters. The van der Waals surface area contributed by atoms with E-state index in [1.54, 1.807) is 0 Å². The lowest BCUT2D eigenvalue weighted by Crippen LogP contribution is -2.10. The average Bonchev–Trinajstić information content (AvgIpc) is 3.19. The molecule has 0 heterocycles. The highest BCUT2D eigenvalue weighted by atomic mass is 14.2. The Kier molecular flexibility index (Phi) is 8.28. The molecular weight excluding hydrogens is 649 g/mol. The van der Waals surface area contributed by atoms with E-state index in [0.29, 0.717) is 0 Å². The van der Waals surface area contributed by atoms with Crippen LogP contribution in [0.25, 0.3) is 86.9 Å². The third-order valence-corrected chi connectivity index (χ3v) is 11.3. The zero-order chi connectivity index (χ0) is 37.0. The van der Waals surface area contributed by atoms with Crippen LogP contribution in [0, 0.1) is 13.8 Å². The van der Waals surface area contributed by atoms with Crippen LogP contribution in [-0.2, 0) is 5.41 Å². The zero-order valence-corrected chi connectivity index (χ0v) is 31.7. The van der Waals surface area contributed by atoms with E-state index in [-0.39, 0.29) is 5.41 Å². The van der Waals surface area contributed by atoms with Gasteiger partial charge in [-0.25, -0.2) is 0 Å². The van der Waals surface area contributed by atoms with Gasteiger partial charge in [0.25, 0.3) is 0 Å². The van der Waals surface area contributed by atoms with E-state index in [2.05, 4.69) is 211 Å².